The lowest BCUT2D eigenvalue weighted by Crippen LogP contribution is -3.17. The fourth-order valence-electron chi connectivity index (χ4n) is 3.98. The number of aromatic nitrogens is 1. The number of hydrogen-bond acceptors (Lipinski definition) is 1. The number of aromatic amines is 1. The minimum absolute atomic E-state index is 0.294. The second-order valence-electron chi connectivity index (χ2n) is 6.78. The van der Waals surface area contributed by atoms with Gasteiger partial charge in [0.15, 0.2) is 0 Å². The highest BCUT2D eigenvalue weighted by Crippen LogP contribution is 2.23. The van der Waals surface area contributed by atoms with Crippen LogP contribution >= 0.6 is 0 Å². The summed E-state index contributed by atoms with van der Waals surface area (Å²) in [5.41, 5.74) is 4.22. The number of piperidine rings is 1. The highest BCUT2D eigenvalue weighted by Gasteiger charge is 2.28. The van der Waals surface area contributed by atoms with Crippen LogP contribution in [0.1, 0.15) is 54.2 Å². The fraction of sp³-hybridized carbons (Fsp3) is 0.526. The Balaban J connectivity index is 1.87. The lowest BCUT2D eigenvalue weighted by atomic mass is 9.98. The number of carbonyl (C=O) groups excluding carboxylic acids is 1. The van der Waals surface area contributed by atoms with Crippen LogP contribution in [-0.4, -0.2) is 29.9 Å². The minimum atomic E-state index is 0.294. The van der Waals surface area contributed by atoms with Crippen molar-refractivity contribution in [3.63, 3.8) is 0 Å². The van der Waals surface area contributed by atoms with Gasteiger partial charge in [0.25, 0.3) is 0 Å². The van der Waals surface area contributed by atoms with Gasteiger partial charge in [-0.25, -0.2) is 0 Å². The van der Waals surface area contributed by atoms with Crippen molar-refractivity contribution in [1.29, 1.82) is 0 Å². The predicted octanol–water partition coefficient (Wildman–Crippen LogP) is 2.81. The van der Waals surface area contributed by atoms with Crippen molar-refractivity contribution in [2.24, 2.45) is 0 Å². The van der Waals surface area contributed by atoms with Crippen LogP contribution in [-0.2, 0) is 0 Å². The predicted molar refractivity (Wildman–Crippen MR) is 90.7 cm³/mol. The minimum Gasteiger partial charge on any atom is -0.358 e. The van der Waals surface area contributed by atoms with Crippen molar-refractivity contribution in [3.8, 4) is 0 Å². The van der Waals surface area contributed by atoms with E-state index in [1.54, 1.807) is 0 Å². The standard InChI is InChI=1S/C19H26N2O/c1-4-15-7-5-6-10-21(15)12-18(22)19-14(3)20-17-11-13(2)8-9-16(17)19/h8-9,11,15,20H,4-7,10,12H2,1-3H3/p+1/t15-/m1/s1. The van der Waals surface area contributed by atoms with E-state index in [4.69, 9.17) is 0 Å². The topological polar surface area (TPSA) is 37.3 Å². The van der Waals surface area contributed by atoms with Gasteiger partial charge >= 0.3 is 0 Å². The zero-order chi connectivity index (χ0) is 15.7. The van der Waals surface area contributed by atoms with E-state index in [1.807, 2.05) is 6.92 Å². The van der Waals surface area contributed by atoms with Crippen LogP contribution in [0.15, 0.2) is 18.2 Å². The number of ketones is 1. The maximum absolute atomic E-state index is 12.9. The van der Waals surface area contributed by atoms with Gasteiger partial charge in [0.2, 0.25) is 5.78 Å². The molecule has 0 spiro atoms. The van der Waals surface area contributed by atoms with Crippen LogP contribution in [0.4, 0.5) is 0 Å². The first-order valence-electron chi connectivity index (χ1n) is 8.57. The monoisotopic (exact) mass is 299 g/mol. The van der Waals surface area contributed by atoms with Gasteiger partial charge in [-0.15, -0.1) is 0 Å². The summed E-state index contributed by atoms with van der Waals surface area (Å²) < 4.78 is 0. The second-order valence-corrected chi connectivity index (χ2v) is 6.78. The van der Waals surface area contributed by atoms with E-state index in [0.29, 0.717) is 18.4 Å². The molecular formula is C19H27N2O+. The Morgan fingerprint density at radius 3 is 2.91 bits per heavy atom. The van der Waals surface area contributed by atoms with Crippen LogP contribution in [0.25, 0.3) is 10.9 Å². The van der Waals surface area contributed by atoms with Crippen molar-refractivity contribution >= 4 is 16.7 Å². The molecule has 3 nitrogen and oxygen atoms in total. The first kappa shape index (κ1) is 15.3. The van der Waals surface area contributed by atoms with E-state index in [1.165, 1.54) is 36.1 Å². The molecule has 3 rings (SSSR count). The summed E-state index contributed by atoms with van der Waals surface area (Å²) >= 11 is 0. The number of carbonyl (C=O) groups is 1. The highest BCUT2D eigenvalue weighted by molar-refractivity contribution is 6.09. The summed E-state index contributed by atoms with van der Waals surface area (Å²) in [5.74, 6) is 0.294. The number of nitrogens with one attached hydrogen (secondary N) is 2. The quantitative estimate of drug-likeness (QED) is 0.837. The molecule has 1 saturated heterocycles. The maximum Gasteiger partial charge on any atom is 0.219 e. The Labute approximate surface area is 132 Å². The Bertz CT molecular complexity index is 686. The first-order chi connectivity index (χ1) is 10.6. The van der Waals surface area contributed by atoms with Gasteiger partial charge in [0.05, 0.1) is 18.2 Å². The molecule has 1 aliphatic heterocycles. The SMILES string of the molecule is CC[C@@H]1CCCC[NH+]1CC(=O)c1c(C)[nH]c2cc(C)ccc12. The third-order valence-electron chi connectivity index (χ3n) is 5.18. The fourth-order valence-corrected chi connectivity index (χ4v) is 3.98. The molecule has 2 atom stereocenters. The van der Waals surface area contributed by atoms with Crippen LogP contribution in [0.5, 0.6) is 0 Å². The average molecular weight is 299 g/mol. The van der Waals surface area contributed by atoms with Gasteiger partial charge in [-0.3, -0.25) is 4.79 Å². The number of benzene rings is 1. The maximum atomic E-state index is 12.9. The molecule has 0 amide bonds. The Morgan fingerprint density at radius 1 is 1.32 bits per heavy atom. The second kappa shape index (κ2) is 6.25. The zero-order valence-electron chi connectivity index (χ0n) is 14.0. The summed E-state index contributed by atoms with van der Waals surface area (Å²) in [6.07, 6.45) is 5.02. The molecule has 118 valence electrons. The number of quaternary nitrogens is 1. The summed E-state index contributed by atoms with van der Waals surface area (Å²) in [6.45, 7) is 8.14. The molecule has 0 saturated carbocycles. The largest absolute Gasteiger partial charge is 0.358 e. The first-order valence-corrected chi connectivity index (χ1v) is 8.57. The van der Waals surface area contributed by atoms with Gasteiger partial charge in [0, 0.05) is 16.6 Å². The molecule has 1 aromatic heterocycles. The average Bonchev–Trinajstić information content (AvgIpc) is 2.82. The van der Waals surface area contributed by atoms with Crippen molar-refractivity contribution < 1.29 is 9.69 Å². The number of likely N-dealkylation sites (tertiary alicyclic amines) is 1. The molecule has 1 aliphatic rings. The zero-order valence-corrected chi connectivity index (χ0v) is 14.0. The normalized spacial score (nSPS) is 22.1. The molecule has 3 heteroatoms. The molecule has 2 N–H and O–H groups in total. The summed E-state index contributed by atoms with van der Waals surface area (Å²) in [6, 6.07) is 6.96. The molecule has 1 unspecified atom stereocenters. The van der Waals surface area contributed by atoms with Crippen molar-refractivity contribution in [1.82, 2.24) is 4.98 Å². The lowest BCUT2D eigenvalue weighted by molar-refractivity contribution is -0.922. The van der Waals surface area contributed by atoms with E-state index in [2.05, 4.69) is 37.0 Å². The van der Waals surface area contributed by atoms with Gasteiger partial charge in [-0.2, -0.15) is 0 Å². The van der Waals surface area contributed by atoms with Crippen LogP contribution in [0, 0.1) is 13.8 Å². The van der Waals surface area contributed by atoms with Gasteiger partial charge in [-0.1, -0.05) is 19.1 Å². The van der Waals surface area contributed by atoms with Gasteiger partial charge in [-0.05, 0) is 51.2 Å². The smallest absolute Gasteiger partial charge is 0.219 e. The third-order valence-corrected chi connectivity index (χ3v) is 5.18. The van der Waals surface area contributed by atoms with Crippen molar-refractivity contribution in [2.45, 2.75) is 52.5 Å². The molecule has 2 aromatic rings. The molecule has 0 bridgehead atoms. The Morgan fingerprint density at radius 2 is 2.14 bits per heavy atom. The lowest BCUT2D eigenvalue weighted by Gasteiger charge is -2.31. The van der Waals surface area contributed by atoms with E-state index in [0.717, 1.165) is 28.7 Å². The van der Waals surface area contributed by atoms with Crippen LogP contribution in [0.3, 0.4) is 0 Å². The van der Waals surface area contributed by atoms with E-state index < -0.39 is 0 Å². The summed E-state index contributed by atoms with van der Waals surface area (Å²) in [4.78, 5) is 17.8. The van der Waals surface area contributed by atoms with E-state index in [-0.39, 0.29) is 0 Å². The third kappa shape index (κ3) is 2.82. The van der Waals surface area contributed by atoms with Gasteiger partial charge < -0.3 is 9.88 Å². The highest BCUT2D eigenvalue weighted by atomic mass is 16.1. The number of aryl methyl sites for hydroxylation is 2. The van der Waals surface area contributed by atoms with E-state index >= 15 is 0 Å². The Kier molecular flexibility index (Phi) is 4.34. The number of fused-ring (bicyclic) bond motifs is 1. The summed E-state index contributed by atoms with van der Waals surface area (Å²) in [7, 11) is 0. The molecule has 0 radical (unpaired) electrons. The summed E-state index contributed by atoms with van der Waals surface area (Å²) in [5, 5.41) is 1.08. The van der Waals surface area contributed by atoms with E-state index in [9.17, 15) is 4.79 Å². The molecule has 1 aromatic carbocycles. The molecule has 22 heavy (non-hydrogen) atoms. The van der Waals surface area contributed by atoms with Gasteiger partial charge in [0.1, 0.15) is 6.54 Å². The number of H-pyrrole nitrogens is 1. The van der Waals surface area contributed by atoms with Crippen molar-refractivity contribution in [2.75, 3.05) is 13.1 Å². The molecule has 1 fully saturated rings. The van der Waals surface area contributed by atoms with Crippen LogP contribution < -0.4 is 4.90 Å². The number of hydrogen-bond donors (Lipinski definition) is 2. The number of Topliss-reactive ketones (excluding diaryl/α,β-unsaturated/α-hetero) is 1. The molecule has 0 aliphatic carbocycles. The number of rotatable bonds is 4. The molecular weight excluding hydrogens is 272 g/mol. The van der Waals surface area contributed by atoms with Crippen LogP contribution in [0.2, 0.25) is 0 Å². The molecule has 2 heterocycles. The Hall–Kier alpha value is -1.61. The van der Waals surface area contributed by atoms with Crippen molar-refractivity contribution in [3.05, 3.63) is 35.0 Å².